The number of aromatic nitrogens is 1. The van der Waals surface area contributed by atoms with E-state index in [0.717, 1.165) is 11.3 Å². The highest BCUT2D eigenvalue weighted by molar-refractivity contribution is 7.19. The molecule has 3 nitrogen and oxygen atoms in total. The number of terminal acetylenes is 1. The van der Waals surface area contributed by atoms with Crippen molar-refractivity contribution in [1.29, 1.82) is 0 Å². The van der Waals surface area contributed by atoms with E-state index in [0.29, 0.717) is 9.47 Å². The number of amides is 1. The van der Waals surface area contributed by atoms with E-state index in [4.69, 9.17) is 18.0 Å². The maximum Gasteiger partial charge on any atom is 0.301 e. The fourth-order valence-corrected chi connectivity index (χ4v) is 1.25. The third-order valence-electron chi connectivity index (χ3n) is 0.829. The van der Waals surface area contributed by atoms with Gasteiger partial charge in [0.25, 0.3) is 0 Å². The average molecular weight is 187 g/mol. The zero-order chi connectivity index (χ0) is 8.27. The Bertz CT molecular complexity index is 315. The molecule has 0 aliphatic carbocycles. The van der Waals surface area contributed by atoms with Gasteiger partial charge in [-0.3, -0.25) is 10.1 Å². The van der Waals surface area contributed by atoms with E-state index in [2.05, 4.69) is 10.3 Å². The zero-order valence-electron chi connectivity index (χ0n) is 5.30. The van der Waals surface area contributed by atoms with Crippen LogP contribution in [0.2, 0.25) is 4.34 Å². The van der Waals surface area contributed by atoms with Crippen LogP contribution in [0.15, 0.2) is 6.20 Å². The van der Waals surface area contributed by atoms with Gasteiger partial charge >= 0.3 is 5.91 Å². The summed E-state index contributed by atoms with van der Waals surface area (Å²) in [5.74, 6) is 1.38. The van der Waals surface area contributed by atoms with Gasteiger partial charge in [-0.05, 0) is 5.92 Å². The number of rotatable bonds is 1. The van der Waals surface area contributed by atoms with Crippen molar-refractivity contribution in [2.24, 2.45) is 0 Å². The number of anilines is 1. The van der Waals surface area contributed by atoms with Crippen molar-refractivity contribution in [3.8, 4) is 12.3 Å². The van der Waals surface area contributed by atoms with Crippen LogP contribution in [-0.4, -0.2) is 10.9 Å². The summed E-state index contributed by atoms with van der Waals surface area (Å²) in [4.78, 5) is 14.3. The fraction of sp³-hybridized carbons (Fsp3) is 0. The molecule has 0 unspecified atom stereocenters. The van der Waals surface area contributed by atoms with E-state index >= 15 is 0 Å². The van der Waals surface area contributed by atoms with Crippen LogP contribution in [-0.2, 0) is 4.79 Å². The summed E-state index contributed by atoms with van der Waals surface area (Å²) in [7, 11) is 0. The zero-order valence-corrected chi connectivity index (χ0v) is 6.87. The van der Waals surface area contributed by atoms with E-state index < -0.39 is 5.91 Å². The Morgan fingerprint density at radius 3 is 3.09 bits per heavy atom. The molecule has 0 bridgehead atoms. The van der Waals surface area contributed by atoms with Crippen LogP contribution in [0.1, 0.15) is 0 Å². The molecule has 0 atom stereocenters. The molecule has 1 aromatic heterocycles. The van der Waals surface area contributed by atoms with Gasteiger partial charge in [0.1, 0.15) is 4.34 Å². The molecular weight excluding hydrogens is 184 g/mol. The summed E-state index contributed by atoms with van der Waals surface area (Å²) >= 11 is 6.70. The summed E-state index contributed by atoms with van der Waals surface area (Å²) in [5.41, 5.74) is 0. The summed E-state index contributed by atoms with van der Waals surface area (Å²) in [6.45, 7) is 0. The SMILES string of the molecule is C#CC(=O)Nc1ncc(Cl)s1. The van der Waals surface area contributed by atoms with Crippen LogP contribution in [0, 0.1) is 12.3 Å². The predicted molar refractivity (Wildman–Crippen MR) is 44.6 cm³/mol. The van der Waals surface area contributed by atoms with Gasteiger partial charge in [-0.15, -0.1) is 6.42 Å². The molecule has 0 spiro atoms. The molecule has 11 heavy (non-hydrogen) atoms. The minimum Gasteiger partial charge on any atom is -0.291 e. The largest absolute Gasteiger partial charge is 0.301 e. The van der Waals surface area contributed by atoms with E-state index in [1.54, 1.807) is 0 Å². The van der Waals surface area contributed by atoms with Crippen molar-refractivity contribution < 1.29 is 4.79 Å². The second-order valence-corrected chi connectivity index (χ2v) is 3.23. The first kappa shape index (κ1) is 8.05. The van der Waals surface area contributed by atoms with Crippen molar-refractivity contribution in [3.63, 3.8) is 0 Å². The van der Waals surface area contributed by atoms with Gasteiger partial charge in [-0.2, -0.15) is 0 Å². The average Bonchev–Trinajstić information content (AvgIpc) is 2.35. The van der Waals surface area contributed by atoms with Crippen LogP contribution in [0.3, 0.4) is 0 Å². The molecule has 0 aromatic carbocycles. The van der Waals surface area contributed by atoms with Gasteiger partial charge in [0.05, 0.1) is 6.20 Å². The number of carbonyl (C=O) groups is 1. The molecule has 1 heterocycles. The molecule has 1 amide bonds. The quantitative estimate of drug-likeness (QED) is 0.674. The van der Waals surface area contributed by atoms with Crippen molar-refractivity contribution in [1.82, 2.24) is 4.98 Å². The molecule has 0 radical (unpaired) electrons. The first-order chi connectivity index (χ1) is 5.22. The highest BCUT2D eigenvalue weighted by Crippen LogP contribution is 2.21. The molecule has 1 rings (SSSR count). The van der Waals surface area contributed by atoms with Gasteiger partial charge in [0, 0.05) is 0 Å². The maximum atomic E-state index is 10.6. The monoisotopic (exact) mass is 186 g/mol. The Kier molecular flexibility index (Phi) is 2.47. The predicted octanol–water partition coefficient (Wildman–Crippen LogP) is 1.37. The molecule has 0 aliphatic heterocycles. The lowest BCUT2D eigenvalue weighted by Gasteiger charge is -1.90. The van der Waals surface area contributed by atoms with Crippen LogP contribution in [0.25, 0.3) is 0 Å². The minimum absolute atomic E-state index is 0.415. The second-order valence-electron chi connectivity index (χ2n) is 1.57. The number of hydrogen-bond acceptors (Lipinski definition) is 3. The van der Waals surface area contributed by atoms with Crippen molar-refractivity contribution >= 4 is 34.0 Å². The highest BCUT2D eigenvalue weighted by Gasteiger charge is 2.01. The van der Waals surface area contributed by atoms with Crippen molar-refractivity contribution in [2.45, 2.75) is 0 Å². The second kappa shape index (κ2) is 3.37. The number of thiazole rings is 1. The highest BCUT2D eigenvalue weighted by atomic mass is 35.5. The number of nitrogens with zero attached hydrogens (tertiary/aromatic N) is 1. The first-order valence-electron chi connectivity index (χ1n) is 2.61. The molecule has 1 N–H and O–H groups in total. The lowest BCUT2D eigenvalue weighted by atomic mass is 10.6. The van der Waals surface area contributed by atoms with Crippen LogP contribution in [0.4, 0.5) is 5.13 Å². The maximum absolute atomic E-state index is 10.6. The van der Waals surface area contributed by atoms with Crippen LogP contribution >= 0.6 is 22.9 Å². The third-order valence-corrected chi connectivity index (χ3v) is 1.86. The van der Waals surface area contributed by atoms with Crippen molar-refractivity contribution in [2.75, 3.05) is 5.32 Å². The van der Waals surface area contributed by atoms with Gasteiger partial charge < -0.3 is 0 Å². The molecule has 0 saturated carbocycles. The van der Waals surface area contributed by atoms with Crippen LogP contribution in [0.5, 0.6) is 0 Å². The fourth-order valence-electron chi connectivity index (χ4n) is 0.445. The molecule has 0 saturated heterocycles. The number of hydrogen-bond donors (Lipinski definition) is 1. The van der Waals surface area contributed by atoms with E-state index in [1.165, 1.54) is 6.20 Å². The Balaban J connectivity index is 2.66. The van der Waals surface area contributed by atoms with Crippen molar-refractivity contribution in [3.05, 3.63) is 10.5 Å². The van der Waals surface area contributed by atoms with Crippen LogP contribution < -0.4 is 5.32 Å². The van der Waals surface area contributed by atoms with Gasteiger partial charge in [-0.1, -0.05) is 22.9 Å². The molecular formula is C6H3ClN2OS. The van der Waals surface area contributed by atoms with Gasteiger partial charge in [0.15, 0.2) is 5.13 Å². The summed E-state index contributed by atoms with van der Waals surface area (Å²) in [6, 6.07) is 0. The first-order valence-corrected chi connectivity index (χ1v) is 3.80. The smallest absolute Gasteiger partial charge is 0.291 e. The Morgan fingerprint density at radius 2 is 2.64 bits per heavy atom. The normalized spacial score (nSPS) is 8.73. The molecule has 0 fully saturated rings. The van der Waals surface area contributed by atoms with Gasteiger partial charge in [0.2, 0.25) is 0 Å². The topological polar surface area (TPSA) is 42.0 Å². The summed E-state index contributed by atoms with van der Waals surface area (Å²) < 4.78 is 0.511. The lowest BCUT2D eigenvalue weighted by molar-refractivity contribution is -0.111. The molecule has 0 aliphatic rings. The number of nitrogens with one attached hydrogen (secondary N) is 1. The molecule has 1 aromatic rings. The van der Waals surface area contributed by atoms with E-state index in [9.17, 15) is 4.79 Å². The molecule has 5 heteroatoms. The Morgan fingerprint density at radius 1 is 1.91 bits per heavy atom. The standard InChI is InChI=1S/C6H3ClN2OS/c1-2-5(10)9-6-8-3-4(7)11-6/h1,3H,(H,8,9,10). The van der Waals surface area contributed by atoms with Gasteiger partial charge in [-0.25, -0.2) is 4.98 Å². The summed E-state index contributed by atoms with van der Waals surface area (Å²) in [5, 5.41) is 2.78. The lowest BCUT2D eigenvalue weighted by Crippen LogP contribution is -2.07. The third kappa shape index (κ3) is 2.22. The van der Waals surface area contributed by atoms with E-state index in [1.807, 2.05) is 5.92 Å². The summed E-state index contributed by atoms with van der Waals surface area (Å²) in [6.07, 6.45) is 6.25. The number of carbonyl (C=O) groups excluding carboxylic acids is 1. The number of halogens is 1. The Hall–Kier alpha value is -1.05. The molecule has 56 valence electrons. The minimum atomic E-state index is -0.518. The Labute approximate surface area is 72.4 Å². The van der Waals surface area contributed by atoms with E-state index in [-0.39, 0.29) is 0 Å².